The zero-order valence-corrected chi connectivity index (χ0v) is 8.29. The van der Waals surface area contributed by atoms with Crippen molar-refractivity contribution in [3.05, 3.63) is 34.6 Å². The van der Waals surface area contributed by atoms with Crippen molar-refractivity contribution in [3.63, 3.8) is 0 Å². The Bertz CT molecular complexity index is 337. The summed E-state index contributed by atoms with van der Waals surface area (Å²) in [6, 6.07) is 3.84. The summed E-state index contributed by atoms with van der Waals surface area (Å²) in [5.74, 6) is -0.614. The third kappa shape index (κ3) is 4.48. The van der Waals surface area contributed by atoms with E-state index in [1.165, 1.54) is 12.1 Å². The van der Waals surface area contributed by atoms with Gasteiger partial charge in [-0.05, 0) is 12.1 Å². The molecule has 0 saturated carbocycles. The third-order valence-corrected chi connectivity index (χ3v) is 1.89. The van der Waals surface area contributed by atoms with Crippen LogP contribution >= 0.6 is 11.6 Å². The van der Waals surface area contributed by atoms with Gasteiger partial charge in [-0.15, -0.1) is 0 Å². The molecule has 0 spiro atoms. The van der Waals surface area contributed by atoms with Gasteiger partial charge in [0.15, 0.2) is 0 Å². The first-order valence-electron chi connectivity index (χ1n) is 4.10. The lowest BCUT2D eigenvalue weighted by Crippen LogP contribution is -2.28. The SMILES string of the molecule is Fc1cc(Cl)ccc1CNCC(F)(F)F. The van der Waals surface area contributed by atoms with Crippen LogP contribution in [0.2, 0.25) is 5.02 Å². The van der Waals surface area contributed by atoms with Crippen LogP contribution in [0, 0.1) is 5.82 Å². The van der Waals surface area contributed by atoms with E-state index < -0.39 is 18.5 Å². The second kappa shape index (κ2) is 4.81. The topological polar surface area (TPSA) is 12.0 Å². The van der Waals surface area contributed by atoms with E-state index in [4.69, 9.17) is 11.6 Å². The Labute approximate surface area is 89.0 Å². The van der Waals surface area contributed by atoms with Gasteiger partial charge in [-0.25, -0.2) is 4.39 Å². The van der Waals surface area contributed by atoms with Gasteiger partial charge in [0.1, 0.15) is 5.82 Å². The van der Waals surface area contributed by atoms with Gasteiger partial charge in [-0.3, -0.25) is 0 Å². The van der Waals surface area contributed by atoms with Gasteiger partial charge < -0.3 is 5.32 Å². The maximum atomic E-state index is 13.1. The van der Waals surface area contributed by atoms with E-state index in [0.717, 1.165) is 6.07 Å². The van der Waals surface area contributed by atoms with E-state index in [1.807, 2.05) is 0 Å². The number of benzene rings is 1. The normalized spacial score (nSPS) is 11.8. The summed E-state index contributed by atoms with van der Waals surface area (Å²) in [5.41, 5.74) is 0.156. The highest BCUT2D eigenvalue weighted by molar-refractivity contribution is 6.30. The molecule has 1 aromatic rings. The molecule has 84 valence electrons. The number of nitrogens with one attached hydrogen (secondary N) is 1. The molecular formula is C9H8ClF4N. The first-order chi connectivity index (χ1) is 6.88. The molecule has 0 aromatic heterocycles. The molecule has 0 bridgehead atoms. The third-order valence-electron chi connectivity index (χ3n) is 1.66. The second-order valence-electron chi connectivity index (χ2n) is 2.95. The molecule has 0 aliphatic carbocycles. The summed E-state index contributed by atoms with van der Waals surface area (Å²) in [6.07, 6.45) is -4.29. The minimum absolute atomic E-state index is 0.156. The van der Waals surface area contributed by atoms with Crippen molar-refractivity contribution in [3.8, 4) is 0 Å². The van der Waals surface area contributed by atoms with Crippen molar-refractivity contribution < 1.29 is 17.6 Å². The van der Waals surface area contributed by atoms with Crippen molar-refractivity contribution in [2.45, 2.75) is 12.7 Å². The molecule has 0 atom stereocenters. The minimum Gasteiger partial charge on any atom is -0.304 e. The number of halogens is 5. The van der Waals surface area contributed by atoms with Crippen molar-refractivity contribution in [1.29, 1.82) is 0 Å². The van der Waals surface area contributed by atoms with Crippen molar-refractivity contribution in [2.24, 2.45) is 0 Å². The molecule has 0 unspecified atom stereocenters. The molecule has 6 heteroatoms. The van der Waals surface area contributed by atoms with E-state index >= 15 is 0 Å². The van der Waals surface area contributed by atoms with Gasteiger partial charge in [0, 0.05) is 17.1 Å². The first-order valence-corrected chi connectivity index (χ1v) is 4.48. The lowest BCUT2D eigenvalue weighted by atomic mass is 10.2. The number of rotatable bonds is 3. The first kappa shape index (κ1) is 12.3. The summed E-state index contributed by atoms with van der Waals surface area (Å²) in [6.45, 7) is -1.32. The number of hydrogen-bond donors (Lipinski definition) is 1. The van der Waals surface area contributed by atoms with Crippen LogP contribution in [0.4, 0.5) is 17.6 Å². The van der Waals surface area contributed by atoms with Crippen molar-refractivity contribution >= 4 is 11.6 Å². The lowest BCUT2D eigenvalue weighted by molar-refractivity contribution is -0.125. The summed E-state index contributed by atoms with van der Waals surface area (Å²) in [7, 11) is 0. The molecule has 0 aliphatic rings. The van der Waals surface area contributed by atoms with Gasteiger partial charge in [0.25, 0.3) is 0 Å². The molecule has 0 aliphatic heterocycles. The molecule has 1 aromatic carbocycles. The van der Waals surface area contributed by atoms with Crippen LogP contribution < -0.4 is 5.32 Å². The summed E-state index contributed by atoms with van der Waals surface area (Å²) in [4.78, 5) is 0. The highest BCUT2D eigenvalue weighted by Crippen LogP contribution is 2.16. The zero-order chi connectivity index (χ0) is 11.5. The number of alkyl halides is 3. The molecule has 0 fully saturated rings. The lowest BCUT2D eigenvalue weighted by Gasteiger charge is -2.08. The maximum absolute atomic E-state index is 13.1. The van der Waals surface area contributed by atoms with Gasteiger partial charge in [-0.2, -0.15) is 13.2 Å². The summed E-state index contributed by atoms with van der Waals surface area (Å²) in [5, 5.41) is 2.31. The Balaban J connectivity index is 2.51. The van der Waals surface area contributed by atoms with Gasteiger partial charge in [-0.1, -0.05) is 17.7 Å². The van der Waals surface area contributed by atoms with Crippen molar-refractivity contribution in [1.82, 2.24) is 5.32 Å². The summed E-state index contributed by atoms with van der Waals surface area (Å²) < 4.78 is 48.3. The molecule has 1 N–H and O–H groups in total. The van der Waals surface area contributed by atoms with Crippen LogP contribution in [0.3, 0.4) is 0 Å². The average molecular weight is 242 g/mol. The maximum Gasteiger partial charge on any atom is 0.401 e. The fraction of sp³-hybridized carbons (Fsp3) is 0.333. The van der Waals surface area contributed by atoms with Crippen LogP contribution in [0.1, 0.15) is 5.56 Å². The Kier molecular flexibility index (Phi) is 3.93. The predicted molar refractivity (Wildman–Crippen MR) is 49.2 cm³/mol. The molecular weight excluding hydrogens is 234 g/mol. The minimum atomic E-state index is -4.29. The van der Waals surface area contributed by atoms with Crippen LogP contribution in [0.15, 0.2) is 18.2 Å². The fourth-order valence-corrected chi connectivity index (χ4v) is 1.16. The summed E-state index contributed by atoms with van der Waals surface area (Å²) >= 11 is 5.48. The molecule has 0 heterocycles. The van der Waals surface area contributed by atoms with E-state index in [1.54, 1.807) is 0 Å². The highest BCUT2D eigenvalue weighted by Gasteiger charge is 2.26. The van der Waals surface area contributed by atoms with Gasteiger partial charge in [0.05, 0.1) is 6.54 Å². The van der Waals surface area contributed by atoms with E-state index in [2.05, 4.69) is 5.32 Å². The smallest absolute Gasteiger partial charge is 0.304 e. The monoisotopic (exact) mass is 241 g/mol. The second-order valence-corrected chi connectivity index (χ2v) is 3.39. The Morgan fingerprint density at radius 3 is 2.47 bits per heavy atom. The molecule has 0 radical (unpaired) electrons. The van der Waals surface area contributed by atoms with Gasteiger partial charge >= 0.3 is 6.18 Å². The average Bonchev–Trinajstić information content (AvgIpc) is 2.07. The van der Waals surface area contributed by atoms with Crippen LogP contribution in [-0.2, 0) is 6.54 Å². The van der Waals surface area contributed by atoms with Crippen LogP contribution in [-0.4, -0.2) is 12.7 Å². The molecule has 1 rings (SSSR count). The van der Waals surface area contributed by atoms with Crippen molar-refractivity contribution in [2.75, 3.05) is 6.54 Å². The number of hydrogen-bond acceptors (Lipinski definition) is 1. The largest absolute Gasteiger partial charge is 0.401 e. The fourth-order valence-electron chi connectivity index (χ4n) is 1.00. The zero-order valence-electron chi connectivity index (χ0n) is 7.54. The standard InChI is InChI=1S/C9H8ClF4N/c10-7-2-1-6(8(11)3-7)4-15-5-9(12,13)14/h1-3,15H,4-5H2. The molecule has 0 amide bonds. The Morgan fingerprint density at radius 1 is 1.27 bits per heavy atom. The molecule has 15 heavy (non-hydrogen) atoms. The van der Waals surface area contributed by atoms with Crippen LogP contribution in [0.5, 0.6) is 0 Å². The van der Waals surface area contributed by atoms with Crippen LogP contribution in [0.25, 0.3) is 0 Å². The molecule has 0 saturated heterocycles. The predicted octanol–water partition coefficient (Wildman–Crippen LogP) is 3.13. The highest BCUT2D eigenvalue weighted by atomic mass is 35.5. The van der Waals surface area contributed by atoms with E-state index in [0.29, 0.717) is 0 Å². The Hall–Kier alpha value is -0.810. The quantitative estimate of drug-likeness (QED) is 0.802. The Morgan fingerprint density at radius 2 is 1.93 bits per heavy atom. The van der Waals surface area contributed by atoms with E-state index in [-0.39, 0.29) is 17.1 Å². The van der Waals surface area contributed by atoms with E-state index in [9.17, 15) is 17.6 Å². The molecule has 1 nitrogen and oxygen atoms in total. The van der Waals surface area contributed by atoms with Gasteiger partial charge in [0.2, 0.25) is 0 Å².